The average molecular weight is 476 g/mol. The SMILES string of the molecule is COc1ccc(CSC2=NC(c3ccc(F)cc3Cl)C(C)=C(CN3CCOCC3)N2)cc1. The van der Waals surface area contributed by atoms with Crippen molar-refractivity contribution in [2.75, 3.05) is 40.0 Å². The Morgan fingerprint density at radius 1 is 1.22 bits per heavy atom. The first-order valence-corrected chi connectivity index (χ1v) is 11.9. The summed E-state index contributed by atoms with van der Waals surface area (Å²) in [5, 5.41) is 4.77. The van der Waals surface area contributed by atoms with Crippen molar-refractivity contribution in [3.05, 3.63) is 75.7 Å². The molecular formula is C24H27ClFN3O2S. The molecule has 1 saturated heterocycles. The molecule has 2 aromatic carbocycles. The van der Waals surface area contributed by atoms with E-state index in [1.54, 1.807) is 24.9 Å². The highest BCUT2D eigenvalue weighted by molar-refractivity contribution is 8.13. The van der Waals surface area contributed by atoms with Crippen LogP contribution in [-0.2, 0) is 10.5 Å². The molecule has 5 nitrogen and oxygen atoms in total. The fourth-order valence-electron chi connectivity index (χ4n) is 3.76. The lowest BCUT2D eigenvalue weighted by Gasteiger charge is -2.32. The summed E-state index contributed by atoms with van der Waals surface area (Å²) in [5.41, 5.74) is 4.20. The maximum Gasteiger partial charge on any atom is 0.162 e. The average Bonchev–Trinajstić information content (AvgIpc) is 2.81. The lowest BCUT2D eigenvalue weighted by Crippen LogP contribution is -2.41. The molecule has 0 amide bonds. The highest BCUT2D eigenvalue weighted by Crippen LogP contribution is 2.36. The Morgan fingerprint density at radius 2 is 1.97 bits per heavy atom. The second-order valence-corrected chi connectivity index (χ2v) is 9.19. The zero-order valence-corrected chi connectivity index (χ0v) is 19.8. The fourth-order valence-corrected chi connectivity index (χ4v) is 4.90. The third-order valence-electron chi connectivity index (χ3n) is 5.67. The predicted molar refractivity (Wildman–Crippen MR) is 129 cm³/mol. The molecular weight excluding hydrogens is 449 g/mol. The highest BCUT2D eigenvalue weighted by Gasteiger charge is 2.26. The molecule has 0 radical (unpaired) electrons. The lowest BCUT2D eigenvalue weighted by molar-refractivity contribution is 0.0417. The van der Waals surface area contributed by atoms with E-state index in [4.69, 9.17) is 26.1 Å². The lowest BCUT2D eigenvalue weighted by atomic mass is 9.97. The number of hydrogen-bond acceptors (Lipinski definition) is 6. The van der Waals surface area contributed by atoms with Crippen LogP contribution >= 0.6 is 23.4 Å². The molecule has 4 rings (SSSR count). The zero-order valence-electron chi connectivity index (χ0n) is 18.2. The van der Waals surface area contributed by atoms with Gasteiger partial charge in [-0.25, -0.2) is 9.38 Å². The first-order valence-electron chi connectivity index (χ1n) is 10.6. The van der Waals surface area contributed by atoms with Crippen molar-refractivity contribution in [2.45, 2.75) is 18.7 Å². The molecule has 1 fully saturated rings. The first kappa shape index (κ1) is 23.1. The number of nitrogens with zero attached hydrogens (tertiary/aromatic N) is 2. The van der Waals surface area contributed by atoms with Crippen LogP contribution in [0.4, 0.5) is 4.39 Å². The largest absolute Gasteiger partial charge is 0.497 e. The van der Waals surface area contributed by atoms with Crippen LogP contribution in [0.15, 0.2) is 58.7 Å². The number of thioether (sulfide) groups is 1. The van der Waals surface area contributed by atoms with Crippen LogP contribution in [0.2, 0.25) is 5.02 Å². The summed E-state index contributed by atoms with van der Waals surface area (Å²) in [5.74, 6) is 1.26. The van der Waals surface area contributed by atoms with Crippen molar-refractivity contribution in [2.24, 2.45) is 4.99 Å². The Labute approximate surface area is 197 Å². The number of methoxy groups -OCH3 is 1. The summed E-state index contributed by atoms with van der Waals surface area (Å²) in [6.45, 7) is 6.13. The summed E-state index contributed by atoms with van der Waals surface area (Å²) in [6.07, 6.45) is 0. The smallest absolute Gasteiger partial charge is 0.162 e. The number of morpholine rings is 1. The Morgan fingerprint density at radius 3 is 2.66 bits per heavy atom. The highest BCUT2D eigenvalue weighted by atomic mass is 35.5. The maximum absolute atomic E-state index is 13.7. The van der Waals surface area contributed by atoms with Crippen molar-refractivity contribution in [3.8, 4) is 5.75 Å². The van der Waals surface area contributed by atoms with Gasteiger partial charge in [0.15, 0.2) is 5.17 Å². The third-order valence-corrected chi connectivity index (χ3v) is 6.95. The standard InChI is InChI=1S/C24H27ClFN3O2S/c1-16-22(14-29-9-11-31-12-10-29)27-24(32-15-17-3-6-19(30-2)7-4-17)28-23(16)20-8-5-18(26)13-21(20)25/h3-8,13,23H,9-12,14-15H2,1-2H3,(H,27,28). The molecule has 170 valence electrons. The Kier molecular flexibility index (Phi) is 7.73. The van der Waals surface area contributed by atoms with Crippen LogP contribution in [0.3, 0.4) is 0 Å². The van der Waals surface area contributed by atoms with E-state index in [0.29, 0.717) is 5.02 Å². The van der Waals surface area contributed by atoms with Crippen molar-refractivity contribution >= 4 is 28.5 Å². The minimum absolute atomic E-state index is 0.251. The molecule has 32 heavy (non-hydrogen) atoms. The molecule has 0 spiro atoms. The molecule has 0 saturated carbocycles. The molecule has 0 aromatic heterocycles. The Bertz CT molecular complexity index is 1010. The minimum Gasteiger partial charge on any atom is -0.497 e. The van der Waals surface area contributed by atoms with E-state index in [2.05, 4.69) is 29.3 Å². The maximum atomic E-state index is 13.7. The molecule has 1 atom stereocenters. The second-order valence-electron chi connectivity index (χ2n) is 7.81. The van der Waals surface area contributed by atoms with E-state index in [0.717, 1.165) is 66.4 Å². The van der Waals surface area contributed by atoms with Gasteiger partial charge in [-0.3, -0.25) is 4.90 Å². The van der Waals surface area contributed by atoms with Crippen molar-refractivity contribution in [1.29, 1.82) is 0 Å². The quantitative estimate of drug-likeness (QED) is 0.635. The molecule has 2 heterocycles. The van der Waals surface area contributed by atoms with Crippen LogP contribution in [0.1, 0.15) is 24.1 Å². The monoisotopic (exact) mass is 475 g/mol. The van der Waals surface area contributed by atoms with E-state index in [9.17, 15) is 4.39 Å². The van der Waals surface area contributed by atoms with Crippen LogP contribution < -0.4 is 10.1 Å². The second kappa shape index (κ2) is 10.7. The van der Waals surface area contributed by atoms with Crippen molar-refractivity contribution in [1.82, 2.24) is 10.2 Å². The van der Waals surface area contributed by atoms with Gasteiger partial charge in [0.2, 0.25) is 0 Å². The van der Waals surface area contributed by atoms with Gasteiger partial charge in [-0.15, -0.1) is 0 Å². The number of halogens is 2. The van der Waals surface area contributed by atoms with Gasteiger partial charge < -0.3 is 14.8 Å². The van der Waals surface area contributed by atoms with Gasteiger partial charge in [-0.05, 0) is 47.9 Å². The van der Waals surface area contributed by atoms with E-state index >= 15 is 0 Å². The summed E-state index contributed by atoms with van der Waals surface area (Å²) in [7, 11) is 1.66. The third kappa shape index (κ3) is 5.64. The number of nitrogens with one attached hydrogen (secondary N) is 1. The Balaban J connectivity index is 1.57. The minimum atomic E-state index is -0.346. The summed E-state index contributed by atoms with van der Waals surface area (Å²) < 4.78 is 24.4. The fraction of sp³-hybridized carbons (Fsp3) is 0.375. The van der Waals surface area contributed by atoms with E-state index in [-0.39, 0.29) is 11.9 Å². The van der Waals surface area contributed by atoms with E-state index in [1.165, 1.54) is 17.7 Å². The predicted octanol–water partition coefficient (Wildman–Crippen LogP) is 5.03. The summed E-state index contributed by atoms with van der Waals surface area (Å²) in [4.78, 5) is 7.32. The van der Waals surface area contributed by atoms with E-state index < -0.39 is 0 Å². The normalized spacial score (nSPS) is 19.5. The van der Waals surface area contributed by atoms with Crippen molar-refractivity contribution < 1.29 is 13.9 Å². The van der Waals surface area contributed by atoms with Crippen molar-refractivity contribution in [3.63, 3.8) is 0 Å². The zero-order chi connectivity index (χ0) is 22.5. The molecule has 2 aliphatic heterocycles. The number of amidine groups is 1. The van der Waals surface area contributed by atoms with Gasteiger partial charge in [0, 0.05) is 36.1 Å². The van der Waals surface area contributed by atoms with Crippen LogP contribution in [0, 0.1) is 5.82 Å². The van der Waals surface area contributed by atoms with Gasteiger partial charge in [-0.1, -0.05) is 41.6 Å². The topological polar surface area (TPSA) is 46.1 Å². The first-order chi connectivity index (χ1) is 15.5. The molecule has 1 N–H and O–H groups in total. The van der Waals surface area contributed by atoms with Crippen LogP contribution in [0.5, 0.6) is 5.75 Å². The van der Waals surface area contributed by atoms with Gasteiger partial charge in [0.05, 0.1) is 20.3 Å². The number of benzene rings is 2. The van der Waals surface area contributed by atoms with Gasteiger partial charge in [-0.2, -0.15) is 0 Å². The molecule has 8 heteroatoms. The summed E-state index contributed by atoms with van der Waals surface area (Å²) in [6, 6.07) is 12.3. The molecule has 2 aliphatic rings. The molecule has 2 aromatic rings. The number of ether oxygens (including phenoxy) is 2. The number of rotatable bonds is 6. The van der Waals surface area contributed by atoms with E-state index in [1.807, 2.05) is 12.1 Å². The van der Waals surface area contributed by atoms with Gasteiger partial charge in [0.25, 0.3) is 0 Å². The van der Waals surface area contributed by atoms with Gasteiger partial charge >= 0.3 is 0 Å². The van der Waals surface area contributed by atoms with Gasteiger partial charge in [0.1, 0.15) is 17.6 Å². The van der Waals surface area contributed by atoms with Crippen LogP contribution in [-0.4, -0.2) is 50.0 Å². The van der Waals surface area contributed by atoms with Crippen LogP contribution in [0.25, 0.3) is 0 Å². The molecule has 0 bridgehead atoms. The molecule has 0 aliphatic carbocycles. The summed E-state index contributed by atoms with van der Waals surface area (Å²) >= 11 is 8.06. The number of aliphatic imine (C=N–C) groups is 1. The molecule has 1 unspecified atom stereocenters. The Hall–Kier alpha value is -2.06. The number of hydrogen-bond donors (Lipinski definition) is 1.